The van der Waals surface area contributed by atoms with Crippen molar-refractivity contribution in [3.05, 3.63) is 47.0 Å². The largest absolute Gasteiger partial charge is 0.496 e. The fraction of sp³-hybridized carbons (Fsp3) is 0.400. The Bertz CT molecular complexity index is 940. The van der Waals surface area contributed by atoms with Gasteiger partial charge < -0.3 is 14.2 Å². The summed E-state index contributed by atoms with van der Waals surface area (Å²) < 4.78 is 44.0. The average Bonchev–Trinajstić information content (AvgIpc) is 3.07. The maximum absolute atomic E-state index is 12.7. The van der Waals surface area contributed by atoms with Crippen molar-refractivity contribution < 1.29 is 22.6 Å². The first kappa shape index (κ1) is 19.5. The van der Waals surface area contributed by atoms with E-state index in [1.54, 1.807) is 39.5 Å². The lowest BCUT2D eigenvalue weighted by molar-refractivity contribution is 0.354. The minimum absolute atomic E-state index is 0.105. The Labute approximate surface area is 160 Å². The number of nitrogens with one attached hydrogen (secondary N) is 1. The molecule has 1 aliphatic carbocycles. The van der Waals surface area contributed by atoms with Crippen LogP contribution in [0.5, 0.6) is 17.2 Å². The molecule has 0 saturated carbocycles. The van der Waals surface area contributed by atoms with Crippen LogP contribution in [0.2, 0.25) is 0 Å². The number of hydrogen-bond acceptors (Lipinski definition) is 5. The zero-order chi connectivity index (χ0) is 19.6. The number of ether oxygens (including phenoxy) is 3. The normalized spacial score (nSPS) is 16.1. The van der Waals surface area contributed by atoms with E-state index >= 15 is 0 Å². The maximum Gasteiger partial charge on any atom is 0.240 e. The van der Waals surface area contributed by atoms with E-state index in [1.165, 1.54) is 5.56 Å². The van der Waals surface area contributed by atoms with Crippen LogP contribution in [0.3, 0.4) is 0 Å². The molecule has 0 fully saturated rings. The molecule has 0 saturated heterocycles. The van der Waals surface area contributed by atoms with Crippen LogP contribution in [0.25, 0.3) is 0 Å². The topological polar surface area (TPSA) is 73.9 Å². The molecular weight excluding hydrogens is 366 g/mol. The Balaban J connectivity index is 1.77. The Morgan fingerprint density at radius 2 is 1.67 bits per heavy atom. The zero-order valence-electron chi connectivity index (χ0n) is 16.0. The summed E-state index contributed by atoms with van der Waals surface area (Å²) in [6.07, 6.45) is 1.78. The van der Waals surface area contributed by atoms with E-state index in [-0.39, 0.29) is 10.8 Å². The third-order valence-corrected chi connectivity index (χ3v) is 6.46. The van der Waals surface area contributed by atoms with Crippen molar-refractivity contribution >= 4 is 10.0 Å². The minimum atomic E-state index is -3.59. The van der Waals surface area contributed by atoms with Gasteiger partial charge in [0.15, 0.2) is 11.5 Å². The van der Waals surface area contributed by atoms with Crippen molar-refractivity contribution in [3.63, 3.8) is 0 Å². The van der Waals surface area contributed by atoms with Crippen LogP contribution >= 0.6 is 0 Å². The van der Waals surface area contributed by atoms with Gasteiger partial charge in [0.2, 0.25) is 10.0 Å². The van der Waals surface area contributed by atoms with E-state index in [4.69, 9.17) is 14.2 Å². The highest BCUT2D eigenvalue weighted by molar-refractivity contribution is 7.89. The van der Waals surface area contributed by atoms with Gasteiger partial charge in [0.25, 0.3) is 0 Å². The second-order valence-corrected chi connectivity index (χ2v) is 8.39. The number of fused-ring (bicyclic) bond motifs is 1. The van der Waals surface area contributed by atoms with Crippen molar-refractivity contribution in [1.29, 1.82) is 0 Å². The average molecular weight is 391 g/mol. The molecule has 27 heavy (non-hydrogen) atoms. The lowest BCUT2D eigenvalue weighted by Gasteiger charge is -2.16. The van der Waals surface area contributed by atoms with Crippen molar-refractivity contribution in [2.75, 3.05) is 27.9 Å². The minimum Gasteiger partial charge on any atom is -0.496 e. The van der Waals surface area contributed by atoms with Crippen LogP contribution in [0.15, 0.2) is 35.2 Å². The Kier molecular flexibility index (Phi) is 5.62. The molecule has 2 aromatic rings. The molecule has 0 aliphatic heterocycles. The predicted octanol–water partition coefficient (Wildman–Crippen LogP) is 3.03. The van der Waals surface area contributed by atoms with Crippen LogP contribution in [0, 0.1) is 6.92 Å². The van der Waals surface area contributed by atoms with Gasteiger partial charge in [0.1, 0.15) is 5.75 Å². The van der Waals surface area contributed by atoms with Gasteiger partial charge in [-0.2, -0.15) is 0 Å². The summed E-state index contributed by atoms with van der Waals surface area (Å²) in [7, 11) is 1.19. The summed E-state index contributed by atoms with van der Waals surface area (Å²) in [5.41, 5.74) is 3.07. The molecule has 7 heteroatoms. The molecule has 6 nitrogen and oxygen atoms in total. The van der Waals surface area contributed by atoms with Gasteiger partial charge in [-0.1, -0.05) is 0 Å². The third-order valence-electron chi connectivity index (χ3n) is 5.04. The van der Waals surface area contributed by atoms with Gasteiger partial charge in [-0.25, -0.2) is 13.1 Å². The maximum atomic E-state index is 12.7. The van der Waals surface area contributed by atoms with Crippen LogP contribution in [0.4, 0.5) is 0 Å². The van der Waals surface area contributed by atoms with Gasteiger partial charge in [-0.05, 0) is 72.7 Å². The molecule has 146 valence electrons. The third kappa shape index (κ3) is 3.89. The summed E-state index contributed by atoms with van der Waals surface area (Å²) in [6.45, 7) is 2.17. The molecule has 0 aromatic heterocycles. The van der Waals surface area contributed by atoms with Crippen molar-refractivity contribution in [1.82, 2.24) is 4.72 Å². The van der Waals surface area contributed by atoms with E-state index in [9.17, 15) is 8.42 Å². The van der Waals surface area contributed by atoms with Crippen LogP contribution in [-0.2, 0) is 16.4 Å². The van der Waals surface area contributed by atoms with E-state index in [0.29, 0.717) is 23.8 Å². The second kappa shape index (κ2) is 7.78. The van der Waals surface area contributed by atoms with E-state index in [0.717, 1.165) is 24.0 Å². The number of hydrogen-bond donors (Lipinski definition) is 1. The highest BCUT2D eigenvalue weighted by atomic mass is 32.2. The molecule has 1 atom stereocenters. The zero-order valence-corrected chi connectivity index (χ0v) is 16.9. The number of rotatable bonds is 7. The first-order valence-electron chi connectivity index (χ1n) is 8.78. The van der Waals surface area contributed by atoms with E-state index in [2.05, 4.69) is 4.72 Å². The predicted molar refractivity (Wildman–Crippen MR) is 104 cm³/mol. The van der Waals surface area contributed by atoms with E-state index in [1.807, 2.05) is 19.1 Å². The van der Waals surface area contributed by atoms with Crippen LogP contribution in [-0.4, -0.2) is 36.3 Å². The second-order valence-electron chi connectivity index (χ2n) is 6.62. The fourth-order valence-electron chi connectivity index (χ4n) is 3.54. The molecule has 0 radical (unpaired) electrons. The van der Waals surface area contributed by atoms with Crippen molar-refractivity contribution in [3.8, 4) is 17.2 Å². The molecule has 0 spiro atoms. The standard InChI is InChI=1S/C20H25NO5S/c1-13-9-16(7-8-18(13)24-2)27(22,23)21-12-15-6-5-14-10-19(25-3)20(26-4)11-17(14)15/h7-11,15,21H,5-6,12H2,1-4H3. The van der Waals surface area contributed by atoms with Gasteiger partial charge in [-0.3, -0.25) is 0 Å². The molecule has 0 bridgehead atoms. The smallest absolute Gasteiger partial charge is 0.240 e. The Hall–Kier alpha value is -2.25. The lowest BCUT2D eigenvalue weighted by atomic mass is 10.0. The molecule has 2 aromatic carbocycles. The van der Waals surface area contributed by atoms with Crippen molar-refractivity contribution in [2.45, 2.75) is 30.6 Å². The van der Waals surface area contributed by atoms with Gasteiger partial charge in [0.05, 0.1) is 26.2 Å². The highest BCUT2D eigenvalue weighted by Gasteiger charge is 2.27. The molecule has 0 heterocycles. The first-order valence-corrected chi connectivity index (χ1v) is 10.3. The molecule has 1 unspecified atom stereocenters. The summed E-state index contributed by atoms with van der Waals surface area (Å²) in [5.74, 6) is 2.14. The number of sulfonamides is 1. The highest BCUT2D eigenvalue weighted by Crippen LogP contribution is 2.40. The van der Waals surface area contributed by atoms with Crippen molar-refractivity contribution in [2.24, 2.45) is 0 Å². The molecule has 1 aliphatic rings. The number of methoxy groups -OCH3 is 3. The molecule has 3 rings (SSSR count). The summed E-state index contributed by atoms with van der Waals surface area (Å²) in [5, 5.41) is 0. The monoisotopic (exact) mass is 391 g/mol. The Morgan fingerprint density at radius 3 is 2.30 bits per heavy atom. The van der Waals surface area contributed by atoms with E-state index < -0.39 is 10.0 Å². The SMILES string of the molecule is COc1ccc(S(=O)(=O)NCC2CCc3cc(OC)c(OC)cc32)cc1C. The first-order chi connectivity index (χ1) is 12.9. The molecular formula is C20H25NO5S. The Morgan fingerprint density at radius 1 is 1.00 bits per heavy atom. The summed E-state index contributed by atoms with van der Waals surface area (Å²) in [4.78, 5) is 0.242. The van der Waals surface area contributed by atoms with Gasteiger partial charge in [-0.15, -0.1) is 0 Å². The quantitative estimate of drug-likeness (QED) is 0.785. The molecule has 0 amide bonds. The van der Waals surface area contributed by atoms with Gasteiger partial charge >= 0.3 is 0 Å². The fourth-order valence-corrected chi connectivity index (χ4v) is 4.71. The summed E-state index contributed by atoms with van der Waals surface area (Å²) >= 11 is 0. The summed E-state index contributed by atoms with van der Waals surface area (Å²) in [6, 6.07) is 8.79. The van der Waals surface area contributed by atoms with Crippen LogP contribution in [0.1, 0.15) is 29.0 Å². The van der Waals surface area contributed by atoms with Crippen LogP contribution < -0.4 is 18.9 Å². The lowest BCUT2D eigenvalue weighted by Crippen LogP contribution is -2.28. The number of aryl methyl sites for hydroxylation is 2. The van der Waals surface area contributed by atoms with Gasteiger partial charge in [0, 0.05) is 6.54 Å². The number of benzene rings is 2. The molecule has 1 N–H and O–H groups in total.